The summed E-state index contributed by atoms with van der Waals surface area (Å²) in [7, 11) is 0. The van der Waals surface area contributed by atoms with Gasteiger partial charge in [0.2, 0.25) is 5.91 Å². The first-order chi connectivity index (χ1) is 12.5. The molecule has 0 radical (unpaired) electrons. The SMILES string of the molecule is CCCCOC(=O)Cc1ccc(N2C(=O)C[C@H](N(CC)CC)C2=O)cc1. The van der Waals surface area contributed by atoms with E-state index in [-0.39, 0.29) is 36.7 Å². The van der Waals surface area contributed by atoms with Crippen LogP contribution in [0.15, 0.2) is 24.3 Å². The van der Waals surface area contributed by atoms with Gasteiger partial charge in [-0.15, -0.1) is 0 Å². The van der Waals surface area contributed by atoms with Crippen LogP contribution in [0.3, 0.4) is 0 Å². The molecular formula is C20H28N2O4. The Kier molecular flexibility index (Phi) is 7.33. The molecule has 0 aliphatic carbocycles. The molecule has 6 nitrogen and oxygen atoms in total. The van der Waals surface area contributed by atoms with E-state index in [2.05, 4.69) is 0 Å². The quantitative estimate of drug-likeness (QED) is 0.385. The molecule has 1 fully saturated rings. The van der Waals surface area contributed by atoms with E-state index in [4.69, 9.17) is 4.74 Å². The van der Waals surface area contributed by atoms with E-state index in [0.717, 1.165) is 31.5 Å². The topological polar surface area (TPSA) is 66.9 Å². The third-order valence-corrected chi connectivity index (χ3v) is 4.68. The van der Waals surface area contributed by atoms with Crippen molar-refractivity contribution in [3.8, 4) is 0 Å². The number of nitrogens with zero attached hydrogens (tertiary/aromatic N) is 2. The minimum Gasteiger partial charge on any atom is -0.465 e. The predicted molar refractivity (Wildman–Crippen MR) is 99.8 cm³/mol. The number of ether oxygens (including phenoxy) is 1. The van der Waals surface area contributed by atoms with E-state index in [9.17, 15) is 14.4 Å². The van der Waals surface area contributed by atoms with Crippen LogP contribution in [0.2, 0.25) is 0 Å². The minimum atomic E-state index is -0.384. The number of esters is 1. The second-order valence-electron chi connectivity index (χ2n) is 6.43. The molecule has 1 heterocycles. The summed E-state index contributed by atoms with van der Waals surface area (Å²) in [4.78, 5) is 40.0. The monoisotopic (exact) mass is 360 g/mol. The Labute approximate surface area is 155 Å². The zero-order valence-electron chi connectivity index (χ0n) is 15.9. The zero-order valence-corrected chi connectivity index (χ0v) is 15.9. The average Bonchev–Trinajstić information content (AvgIpc) is 2.92. The number of carbonyl (C=O) groups excluding carboxylic acids is 3. The molecule has 0 saturated carbocycles. The maximum absolute atomic E-state index is 12.7. The van der Waals surface area contributed by atoms with Crippen LogP contribution < -0.4 is 4.90 Å². The van der Waals surface area contributed by atoms with Crippen LogP contribution in [0.4, 0.5) is 5.69 Å². The number of rotatable bonds is 9. The summed E-state index contributed by atoms with van der Waals surface area (Å²) >= 11 is 0. The summed E-state index contributed by atoms with van der Waals surface area (Å²) in [6.07, 6.45) is 2.24. The van der Waals surface area contributed by atoms with Crippen LogP contribution in [0, 0.1) is 0 Å². The van der Waals surface area contributed by atoms with Gasteiger partial charge in [0.05, 0.1) is 31.2 Å². The molecule has 6 heteroatoms. The number of benzene rings is 1. The first kappa shape index (κ1) is 20.1. The van der Waals surface area contributed by atoms with Gasteiger partial charge >= 0.3 is 5.97 Å². The van der Waals surface area contributed by atoms with Gasteiger partial charge in [-0.3, -0.25) is 19.3 Å². The van der Waals surface area contributed by atoms with E-state index in [1.807, 2.05) is 25.7 Å². The zero-order chi connectivity index (χ0) is 19.1. The van der Waals surface area contributed by atoms with Gasteiger partial charge in [0.15, 0.2) is 0 Å². The van der Waals surface area contributed by atoms with Gasteiger partial charge in [0.1, 0.15) is 0 Å². The Morgan fingerprint density at radius 3 is 2.38 bits per heavy atom. The molecule has 0 bridgehead atoms. The maximum atomic E-state index is 12.7. The lowest BCUT2D eigenvalue weighted by Crippen LogP contribution is -2.42. The average molecular weight is 360 g/mol. The molecule has 0 unspecified atom stereocenters. The molecule has 0 spiro atoms. The molecule has 0 N–H and O–H groups in total. The fourth-order valence-corrected chi connectivity index (χ4v) is 3.15. The minimum absolute atomic E-state index is 0.176. The summed E-state index contributed by atoms with van der Waals surface area (Å²) in [5.41, 5.74) is 1.35. The van der Waals surface area contributed by atoms with Crippen LogP contribution in [-0.4, -0.2) is 48.4 Å². The fourth-order valence-electron chi connectivity index (χ4n) is 3.15. The van der Waals surface area contributed by atoms with Crippen molar-refractivity contribution < 1.29 is 19.1 Å². The Morgan fingerprint density at radius 1 is 1.15 bits per heavy atom. The van der Waals surface area contributed by atoms with Gasteiger partial charge in [0.25, 0.3) is 5.91 Å². The molecular weight excluding hydrogens is 332 g/mol. The number of anilines is 1. The first-order valence-corrected chi connectivity index (χ1v) is 9.37. The van der Waals surface area contributed by atoms with Crippen molar-refractivity contribution >= 4 is 23.5 Å². The van der Waals surface area contributed by atoms with Crippen molar-refractivity contribution in [2.75, 3.05) is 24.6 Å². The third kappa shape index (κ3) is 4.69. The number of imide groups is 1. The molecule has 1 atom stereocenters. The number of hydrogen-bond acceptors (Lipinski definition) is 5. The number of amides is 2. The lowest BCUT2D eigenvalue weighted by Gasteiger charge is -2.24. The van der Waals surface area contributed by atoms with E-state index in [1.54, 1.807) is 24.3 Å². The van der Waals surface area contributed by atoms with Gasteiger partial charge in [-0.25, -0.2) is 4.90 Å². The molecule has 1 saturated heterocycles. The van der Waals surface area contributed by atoms with Crippen molar-refractivity contribution in [3.05, 3.63) is 29.8 Å². The van der Waals surface area contributed by atoms with Crippen molar-refractivity contribution in [2.45, 2.75) is 52.5 Å². The van der Waals surface area contributed by atoms with Gasteiger partial charge < -0.3 is 4.74 Å². The molecule has 26 heavy (non-hydrogen) atoms. The summed E-state index contributed by atoms with van der Waals surface area (Å²) < 4.78 is 5.15. The molecule has 0 aromatic heterocycles. The highest BCUT2D eigenvalue weighted by molar-refractivity contribution is 6.22. The Hall–Kier alpha value is -2.21. The summed E-state index contributed by atoms with van der Waals surface area (Å²) in [5, 5.41) is 0. The number of unbranched alkanes of at least 4 members (excludes halogenated alkanes) is 1. The van der Waals surface area contributed by atoms with Gasteiger partial charge in [-0.05, 0) is 37.2 Å². The van der Waals surface area contributed by atoms with Crippen molar-refractivity contribution in [1.82, 2.24) is 4.90 Å². The molecule has 1 aromatic rings. The van der Waals surface area contributed by atoms with Crippen molar-refractivity contribution in [3.63, 3.8) is 0 Å². The van der Waals surface area contributed by atoms with Crippen molar-refractivity contribution in [1.29, 1.82) is 0 Å². The standard InChI is InChI=1S/C20H28N2O4/c1-4-7-12-26-19(24)13-15-8-10-16(11-9-15)22-18(23)14-17(20(22)25)21(5-2)6-3/h8-11,17H,4-7,12-14H2,1-3H3/t17-/m0/s1. The Bertz CT molecular complexity index is 638. The molecule has 1 aromatic carbocycles. The van der Waals surface area contributed by atoms with Gasteiger partial charge in [0, 0.05) is 0 Å². The first-order valence-electron chi connectivity index (χ1n) is 9.37. The largest absolute Gasteiger partial charge is 0.465 e. The predicted octanol–water partition coefficient (Wildman–Crippen LogP) is 2.55. The normalized spacial score (nSPS) is 17.2. The molecule has 2 amide bonds. The highest BCUT2D eigenvalue weighted by atomic mass is 16.5. The lowest BCUT2D eigenvalue weighted by molar-refractivity contribution is -0.143. The second-order valence-corrected chi connectivity index (χ2v) is 6.43. The molecule has 1 aliphatic rings. The number of hydrogen-bond donors (Lipinski definition) is 0. The summed E-state index contributed by atoms with van der Waals surface area (Å²) in [6.45, 7) is 7.91. The molecule has 2 rings (SSSR count). The second kappa shape index (κ2) is 9.48. The van der Waals surface area contributed by atoms with E-state index in [0.29, 0.717) is 12.3 Å². The fraction of sp³-hybridized carbons (Fsp3) is 0.550. The summed E-state index contributed by atoms with van der Waals surface area (Å²) in [5.74, 6) is -0.620. The Morgan fingerprint density at radius 2 is 1.81 bits per heavy atom. The van der Waals surface area contributed by atoms with Crippen LogP contribution in [0.1, 0.15) is 45.6 Å². The van der Waals surface area contributed by atoms with Crippen LogP contribution in [0.5, 0.6) is 0 Å². The highest BCUT2D eigenvalue weighted by Gasteiger charge is 2.41. The Balaban J connectivity index is 2.02. The third-order valence-electron chi connectivity index (χ3n) is 4.68. The smallest absolute Gasteiger partial charge is 0.310 e. The number of likely N-dealkylation sites (N-methyl/N-ethyl adjacent to an activating group) is 1. The van der Waals surface area contributed by atoms with Crippen LogP contribution in [-0.2, 0) is 25.5 Å². The van der Waals surface area contributed by atoms with E-state index < -0.39 is 0 Å². The number of carbonyl (C=O) groups is 3. The van der Waals surface area contributed by atoms with E-state index in [1.165, 1.54) is 4.90 Å². The van der Waals surface area contributed by atoms with Crippen LogP contribution >= 0.6 is 0 Å². The maximum Gasteiger partial charge on any atom is 0.310 e. The van der Waals surface area contributed by atoms with Crippen molar-refractivity contribution in [2.24, 2.45) is 0 Å². The lowest BCUT2D eigenvalue weighted by atomic mass is 10.1. The molecule has 142 valence electrons. The van der Waals surface area contributed by atoms with Gasteiger partial charge in [-0.1, -0.05) is 39.3 Å². The molecule has 1 aliphatic heterocycles. The highest BCUT2D eigenvalue weighted by Crippen LogP contribution is 2.26. The summed E-state index contributed by atoms with van der Waals surface area (Å²) in [6, 6.07) is 6.58. The van der Waals surface area contributed by atoms with Crippen LogP contribution in [0.25, 0.3) is 0 Å². The van der Waals surface area contributed by atoms with Gasteiger partial charge in [-0.2, -0.15) is 0 Å². The van der Waals surface area contributed by atoms with E-state index >= 15 is 0 Å².